The van der Waals surface area contributed by atoms with Gasteiger partial charge in [-0.1, -0.05) is 59.1 Å². The van der Waals surface area contributed by atoms with E-state index in [1.807, 2.05) is 4.72 Å². The van der Waals surface area contributed by atoms with Gasteiger partial charge in [-0.25, -0.2) is 22.2 Å². The highest BCUT2D eigenvalue weighted by Crippen LogP contribution is 2.38. The topological polar surface area (TPSA) is 109 Å². The zero-order valence-corrected chi connectivity index (χ0v) is 25.0. The molecule has 2 heterocycles. The zero-order chi connectivity index (χ0) is 31.1. The van der Waals surface area contributed by atoms with Gasteiger partial charge in [-0.05, 0) is 48.9 Å². The molecule has 2 aromatic heterocycles. The maximum Gasteiger partial charge on any atom is 0.254 e. The lowest BCUT2D eigenvalue weighted by Crippen LogP contribution is -2.14. The summed E-state index contributed by atoms with van der Waals surface area (Å²) in [6.45, 7) is 1.44. The van der Waals surface area contributed by atoms with Crippen LogP contribution in [-0.4, -0.2) is 30.0 Å². The lowest BCUT2D eigenvalue weighted by atomic mass is 9.94. The van der Waals surface area contributed by atoms with Crippen LogP contribution in [0.3, 0.4) is 0 Å². The highest BCUT2D eigenvalue weighted by Gasteiger charge is 2.29. The number of nitrogens with one attached hydrogen (secondary N) is 2. The second-order valence-electron chi connectivity index (χ2n) is 9.13. The molecule has 218 valence electrons. The van der Waals surface area contributed by atoms with E-state index >= 15 is 4.39 Å². The Hall–Kier alpha value is -4.09. The second kappa shape index (κ2) is 11.9. The van der Waals surface area contributed by atoms with Crippen molar-refractivity contribution in [2.24, 2.45) is 0 Å². The maximum atomic E-state index is 15.5. The van der Waals surface area contributed by atoms with E-state index in [9.17, 15) is 22.4 Å². The highest BCUT2D eigenvalue weighted by atomic mass is 35.5. The van der Waals surface area contributed by atoms with Crippen LogP contribution in [-0.2, 0) is 10.0 Å². The molecule has 5 aromatic rings. The molecule has 0 aliphatic carbocycles. The summed E-state index contributed by atoms with van der Waals surface area (Å²) in [7, 11) is -4.13. The molecule has 5 rings (SSSR count). The van der Waals surface area contributed by atoms with E-state index in [0.29, 0.717) is 16.1 Å². The highest BCUT2D eigenvalue weighted by molar-refractivity contribution is 7.95. The average Bonchev–Trinajstić information content (AvgIpc) is 3.40. The van der Waals surface area contributed by atoms with Crippen LogP contribution in [0.25, 0.3) is 22.2 Å². The number of halogens is 5. The van der Waals surface area contributed by atoms with Crippen LogP contribution < -0.4 is 4.72 Å². The third-order valence-electron chi connectivity index (χ3n) is 6.42. The molecule has 0 bridgehead atoms. The van der Waals surface area contributed by atoms with Crippen molar-refractivity contribution in [3.63, 3.8) is 0 Å². The molecule has 0 aliphatic rings. The average molecular weight is 661 g/mol. The summed E-state index contributed by atoms with van der Waals surface area (Å²) < 4.78 is 56.6. The lowest BCUT2D eigenvalue weighted by molar-refractivity contribution is 0.103. The number of ketones is 2. The molecule has 0 radical (unpaired) electrons. The van der Waals surface area contributed by atoms with Crippen molar-refractivity contribution in [3.05, 3.63) is 127 Å². The Bertz CT molecular complexity index is 2080. The molecule has 43 heavy (non-hydrogen) atoms. The van der Waals surface area contributed by atoms with Gasteiger partial charge >= 0.3 is 0 Å². The van der Waals surface area contributed by atoms with E-state index in [2.05, 4.69) is 9.97 Å². The van der Waals surface area contributed by atoms with Crippen molar-refractivity contribution in [1.82, 2.24) is 9.97 Å². The molecule has 0 unspecified atom stereocenters. The molecule has 0 fully saturated rings. The number of anilines is 1. The summed E-state index contributed by atoms with van der Waals surface area (Å²) in [5, 5.41) is 1.30. The SMILES string of the molecule is CC=CS(=O)(=O)Nc1ccc(F)c(C(=O)c2c[nH]c3nccc(C(=O)c4c(Cl)ccc(-c5ccc(Cl)cc5)c4Cl)c23)c1F. The number of nitrogens with zero attached hydrogens (tertiary/aromatic N) is 1. The number of hydrogen-bond donors (Lipinski definition) is 2. The Morgan fingerprint density at radius 3 is 2.30 bits per heavy atom. The molecule has 0 spiro atoms. The van der Waals surface area contributed by atoms with Crippen molar-refractivity contribution < 1.29 is 26.8 Å². The first-order chi connectivity index (χ1) is 20.4. The smallest absolute Gasteiger partial charge is 0.254 e. The molecule has 2 N–H and O–H groups in total. The third kappa shape index (κ3) is 5.79. The minimum absolute atomic E-state index is 0.0271. The van der Waals surface area contributed by atoms with E-state index in [-0.39, 0.29) is 37.8 Å². The van der Waals surface area contributed by atoms with E-state index in [1.54, 1.807) is 30.3 Å². The summed E-state index contributed by atoms with van der Waals surface area (Å²) in [5.41, 5.74) is -0.895. The Morgan fingerprint density at radius 2 is 1.60 bits per heavy atom. The molecular weight excluding hydrogens is 643 g/mol. The summed E-state index contributed by atoms with van der Waals surface area (Å²) in [6, 6.07) is 12.8. The fourth-order valence-electron chi connectivity index (χ4n) is 4.51. The van der Waals surface area contributed by atoms with Crippen LogP contribution in [0, 0.1) is 11.6 Å². The van der Waals surface area contributed by atoms with E-state index in [0.717, 1.165) is 23.7 Å². The monoisotopic (exact) mass is 659 g/mol. The first-order valence-corrected chi connectivity index (χ1v) is 15.0. The van der Waals surface area contributed by atoms with Crippen molar-refractivity contribution in [2.75, 3.05) is 4.72 Å². The number of sulfonamides is 1. The van der Waals surface area contributed by atoms with Gasteiger partial charge in [-0.15, -0.1) is 0 Å². The molecule has 3 aromatic carbocycles. The predicted octanol–water partition coefficient (Wildman–Crippen LogP) is 8.21. The number of aromatic nitrogens is 2. The molecule has 0 aliphatic heterocycles. The molecule has 0 saturated carbocycles. The largest absolute Gasteiger partial charge is 0.345 e. The van der Waals surface area contributed by atoms with Crippen molar-refractivity contribution in [1.29, 1.82) is 0 Å². The maximum absolute atomic E-state index is 15.5. The van der Waals surface area contributed by atoms with E-state index in [4.69, 9.17) is 34.8 Å². The predicted molar refractivity (Wildman–Crippen MR) is 164 cm³/mol. The van der Waals surface area contributed by atoms with Gasteiger partial charge < -0.3 is 4.98 Å². The number of pyridine rings is 1. The molecule has 13 heteroatoms. The third-order valence-corrected chi connectivity index (χ3v) is 8.52. The second-order valence-corrected chi connectivity index (χ2v) is 11.9. The fraction of sp³-hybridized carbons (Fsp3) is 0.0333. The summed E-state index contributed by atoms with van der Waals surface area (Å²) in [5.74, 6) is -4.53. The van der Waals surface area contributed by atoms with Gasteiger partial charge in [0.2, 0.25) is 5.78 Å². The number of hydrogen-bond acceptors (Lipinski definition) is 5. The quantitative estimate of drug-likeness (QED) is 0.163. The van der Waals surface area contributed by atoms with Crippen LogP contribution in [0.5, 0.6) is 0 Å². The molecule has 0 atom stereocenters. The number of aromatic amines is 1. The summed E-state index contributed by atoms with van der Waals surface area (Å²) in [4.78, 5) is 34.5. The van der Waals surface area contributed by atoms with Gasteiger partial charge in [0.05, 0.1) is 32.4 Å². The number of carbonyl (C=O) groups excluding carboxylic acids is 2. The number of carbonyl (C=O) groups is 2. The van der Waals surface area contributed by atoms with Crippen LogP contribution in [0.15, 0.2) is 78.5 Å². The molecule has 7 nitrogen and oxygen atoms in total. The number of benzene rings is 3. The van der Waals surface area contributed by atoms with Gasteiger partial charge in [-0.3, -0.25) is 14.3 Å². The van der Waals surface area contributed by atoms with Gasteiger partial charge in [0.25, 0.3) is 10.0 Å². The van der Waals surface area contributed by atoms with E-state index in [1.165, 1.54) is 31.3 Å². The van der Waals surface area contributed by atoms with Crippen LogP contribution >= 0.6 is 34.8 Å². The zero-order valence-electron chi connectivity index (χ0n) is 21.9. The van der Waals surface area contributed by atoms with Gasteiger partial charge in [0.15, 0.2) is 11.6 Å². The fourth-order valence-corrected chi connectivity index (χ4v) is 6.18. The number of allylic oxidation sites excluding steroid dienone is 1. The first-order valence-electron chi connectivity index (χ1n) is 12.4. The van der Waals surface area contributed by atoms with Crippen molar-refractivity contribution >= 4 is 73.1 Å². The first kappa shape index (κ1) is 30.4. The standard InChI is InChI=1S/C30H18Cl3F2N3O4S/c1-2-13-43(41,42)38-22-10-9-21(34)25(27(22)35)29(40)19-14-37-30-23(19)18(11-12-36-30)28(39)24-20(32)8-7-17(26(24)33)15-3-5-16(31)6-4-15/h2-14,38H,1H3,(H,36,37). The van der Waals surface area contributed by atoms with Crippen molar-refractivity contribution in [3.8, 4) is 11.1 Å². The minimum Gasteiger partial charge on any atom is -0.345 e. The van der Waals surface area contributed by atoms with Gasteiger partial charge in [-0.2, -0.15) is 0 Å². The lowest BCUT2D eigenvalue weighted by Gasteiger charge is -2.13. The molecule has 0 saturated heterocycles. The Kier molecular flexibility index (Phi) is 8.40. The summed E-state index contributed by atoms with van der Waals surface area (Å²) >= 11 is 19.1. The summed E-state index contributed by atoms with van der Waals surface area (Å²) in [6.07, 6.45) is 3.67. The Labute approximate surface area is 259 Å². The minimum atomic E-state index is -4.13. The van der Waals surface area contributed by atoms with Gasteiger partial charge in [0.1, 0.15) is 11.5 Å². The van der Waals surface area contributed by atoms with Crippen LogP contribution in [0.4, 0.5) is 14.5 Å². The molecular formula is C30H18Cl3F2N3O4S. The van der Waals surface area contributed by atoms with Gasteiger partial charge in [0, 0.05) is 39.3 Å². The van der Waals surface area contributed by atoms with Crippen LogP contribution in [0.1, 0.15) is 38.8 Å². The number of rotatable bonds is 8. The number of fused-ring (bicyclic) bond motifs is 1. The number of H-pyrrole nitrogens is 1. The Balaban J connectivity index is 1.64. The Morgan fingerprint density at radius 1 is 0.907 bits per heavy atom. The van der Waals surface area contributed by atoms with Crippen molar-refractivity contribution in [2.45, 2.75) is 6.92 Å². The van der Waals surface area contributed by atoms with Crippen LogP contribution in [0.2, 0.25) is 15.1 Å². The van der Waals surface area contributed by atoms with E-state index < -0.39 is 44.5 Å². The molecule has 0 amide bonds. The normalized spacial score (nSPS) is 11.8.